The van der Waals surface area contributed by atoms with E-state index in [-0.39, 0.29) is 23.2 Å². The topological polar surface area (TPSA) is 101 Å². The van der Waals surface area contributed by atoms with Crippen LogP contribution in [0.15, 0.2) is 12.3 Å². The predicted octanol–water partition coefficient (Wildman–Crippen LogP) is 1.84. The molecule has 1 aliphatic heterocycles. The van der Waals surface area contributed by atoms with Gasteiger partial charge in [-0.3, -0.25) is 10.1 Å². The van der Waals surface area contributed by atoms with E-state index in [1.54, 1.807) is 6.07 Å². The Kier molecular flexibility index (Phi) is 4.26. The summed E-state index contributed by atoms with van der Waals surface area (Å²) in [6.07, 6.45) is 4.46. The Labute approximate surface area is 110 Å². The van der Waals surface area contributed by atoms with E-state index in [0.29, 0.717) is 6.54 Å². The number of nitriles is 1. The first-order valence-electron chi connectivity index (χ1n) is 6.11. The van der Waals surface area contributed by atoms with Gasteiger partial charge in [0.15, 0.2) is 0 Å². The van der Waals surface area contributed by atoms with Gasteiger partial charge in [0.25, 0.3) is 0 Å². The van der Waals surface area contributed by atoms with E-state index < -0.39 is 4.92 Å². The van der Waals surface area contributed by atoms with Gasteiger partial charge in [0.2, 0.25) is 5.82 Å². The highest BCUT2D eigenvalue weighted by atomic mass is 16.6. The van der Waals surface area contributed by atoms with E-state index in [0.717, 1.165) is 25.9 Å². The first-order valence-corrected chi connectivity index (χ1v) is 6.11. The molecule has 0 bridgehead atoms. The summed E-state index contributed by atoms with van der Waals surface area (Å²) in [6, 6.07) is 3.14. The second kappa shape index (κ2) is 6.11. The molecule has 1 atom stereocenters. The molecule has 2 heterocycles. The Morgan fingerprint density at radius 2 is 2.53 bits per heavy atom. The molecule has 2 rings (SSSR count). The van der Waals surface area contributed by atoms with Crippen LogP contribution in [0.1, 0.15) is 24.8 Å². The van der Waals surface area contributed by atoms with E-state index in [9.17, 15) is 10.1 Å². The van der Waals surface area contributed by atoms with Crippen LogP contribution in [0.2, 0.25) is 0 Å². The molecule has 1 N–H and O–H groups in total. The fraction of sp³-hybridized carbons (Fsp3) is 0.500. The van der Waals surface area contributed by atoms with Crippen LogP contribution in [0.4, 0.5) is 11.5 Å². The van der Waals surface area contributed by atoms with Gasteiger partial charge in [0.05, 0.1) is 11.0 Å². The van der Waals surface area contributed by atoms with Crippen molar-refractivity contribution in [3.05, 3.63) is 27.9 Å². The number of hydrogen-bond acceptors (Lipinski definition) is 6. The lowest BCUT2D eigenvalue weighted by Crippen LogP contribution is -2.14. The third-order valence-corrected chi connectivity index (χ3v) is 3.01. The van der Waals surface area contributed by atoms with Crippen LogP contribution in [0.25, 0.3) is 0 Å². The van der Waals surface area contributed by atoms with Gasteiger partial charge in [-0.2, -0.15) is 5.26 Å². The molecule has 0 amide bonds. The summed E-state index contributed by atoms with van der Waals surface area (Å²) >= 11 is 0. The summed E-state index contributed by atoms with van der Waals surface area (Å²) in [6.45, 7) is 1.32. The lowest BCUT2D eigenvalue weighted by Gasteiger charge is -2.10. The molecule has 7 heteroatoms. The fourth-order valence-electron chi connectivity index (χ4n) is 2.08. The number of nitro groups is 1. The van der Waals surface area contributed by atoms with E-state index in [1.807, 2.05) is 0 Å². The van der Waals surface area contributed by atoms with Gasteiger partial charge in [-0.1, -0.05) is 0 Å². The maximum Gasteiger partial charge on any atom is 0.328 e. The van der Waals surface area contributed by atoms with E-state index in [2.05, 4.69) is 10.3 Å². The molecule has 19 heavy (non-hydrogen) atoms. The molecule has 1 aliphatic rings. The minimum atomic E-state index is -0.583. The first-order chi connectivity index (χ1) is 9.22. The Bertz CT molecular complexity index is 506. The third-order valence-electron chi connectivity index (χ3n) is 3.01. The van der Waals surface area contributed by atoms with Crippen molar-refractivity contribution in [2.45, 2.75) is 25.4 Å². The molecule has 1 aromatic rings. The fourth-order valence-corrected chi connectivity index (χ4v) is 2.08. The van der Waals surface area contributed by atoms with Crippen LogP contribution in [-0.2, 0) is 4.74 Å². The van der Waals surface area contributed by atoms with Gasteiger partial charge in [-0.25, -0.2) is 4.98 Å². The van der Waals surface area contributed by atoms with Crippen molar-refractivity contribution in [3.63, 3.8) is 0 Å². The number of hydrogen-bond donors (Lipinski definition) is 1. The normalized spacial score (nSPS) is 17.9. The Hall–Kier alpha value is -2.20. The molecule has 0 aliphatic carbocycles. The molecule has 1 fully saturated rings. The number of ether oxygens (including phenoxy) is 1. The van der Waals surface area contributed by atoms with Gasteiger partial charge in [-0.05, 0) is 25.3 Å². The summed E-state index contributed by atoms with van der Waals surface area (Å²) in [7, 11) is 0. The van der Waals surface area contributed by atoms with E-state index in [4.69, 9.17) is 10.00 Å². The molecule has 100 valence electrons. The second-order valence-electron chi connectivity index (χ2n) is 4.28. The monoisotopic (exact) mass is 262 g/mol. The molecule has 7 nitrogen and oxygen atoms in total. The van der Waals surface area contributed by atoms with E-state index in [1.165, 1.54) is 12.3 Å². The smallest absolute Gasteiger partial charge is 0.328 e. The van der Waals surface area contributed by atoms with Crippen molar-refractivity contribution in [2.24, 2.45) is 0 Å². The molecule has 0 radical (unpaired) electrons. The molecular formula is C12H14N4O3. The highest BCUT2D eigenvalue weighted by Crippen LogP contribution is 2.25. The maximum atomic E-state index is 11.0. The first kappa shape index (κ1) is 13.2. The molecule has 1 aromatic heterocycles. The summed E-state index contributed by atoms with van der Waals surface area (Å²) in [5.74, 6) is 0.141. The van der Waals surface area contributed by atoms with Gasteiger partial charge < -0.3 is 10.1 Å². The van der Waals surface area contributed by atoms with Crippen molar-refractivity contribution in [1.29, 1.82) is 5.26 Å². The van der Waals surface area contributed by atoms with Crippen LogP contribution >= 0.6 is 0 Å². The Morgan fingerprint density at radius 1 is 1.68 bits per heavy atom. The van der Waals surface area contributed by atoms with Gasteiger partial charge >= 0.3 is 5.69 Å². The maximum absolute atomic E-state index is 11.0. The third kappa shape index (κ3) is 3.17. The van der Waals surface area contributed by atoms with Crippen LogP contribution in [0, 0.1) is 21.4 Å². The minimum Gasteiger partial charge on any atom is -0.378 e. The number of anilines is 1. The number of pyridine rings is 1. The highest BCUT2D eigenvalue weighted by molar-refractivity contribution is 5.63. The average molecular weight is 262 g/mol. The average Bonchev–Trinajstić information content (AvgIpc) is 2.91. The Balaban J connectivity index is 2.03. The summed E-state index contributed by atoms with van der Waals surface area (Å²) in [5, 5.41) is 22.7. The van der Waals surface area contributed by atoms with Crippen molar-refractivity contribution in [3.8, 4) is 6.07 Å². The van der Waals surface area contributed by atoms with Crippen molar-refractivity contribution >= 4 is 11.5 Å². The zero-order valence-electron chi connectivity index (χ0n) is 10.3. The van der Waals surface area contributed by atoms with Crippen LogP contribution in [0.3, 0.4) is 0 Å². The lowest BCUT2D eigenvalue weighted by molar-refractivity contribution is -0.384. The standard InChI is InChI=1S/C12H14N4O3/c13-8-9-3-5-14-12(11(9)16(17)18)15-6-4-10-2-1-7-19-10/h3,5,10H,1-2,4,6-7H2,(H,14,15). The molecule has 1 saturated heterocycles. The van der Waals surface area contributed by atoms with Crippen LogP contribution < -0.4 is 5.32 Å². The largest absolute Gasteiger partial charge is 0.378 e. The predicted molar refractivity (Wildman–Crippen MR) is 67.7 cm³/mol. The highest BCUT2D eigenvalue weighted by Gasteiger charge is 2.21. The number of rotatable bonds is 5. The van der Waals surface area contributed by atoms with Crippen molar-refractivity contribution in [1.82, 2.24) is 4.98 Å². The van der Waals surface area contributed by atoms with Crippen LogP contribution in [-0.4, -0.2) is 29.2 Å². The molecular weight excluding hydrogens is 248 g/mol. The summed E-state index contributed by atoms with van der Waals surface area (Å²) < 4.78 is 5.47. The summed E-state index contributed by atoms with van der Waals surface area (Å²) in [4.78, 5) is 14.3. The Morgan fingerprint density at radius 3 is 3.16 bits per heavy atom. The molecule has 0 aromatic carbocycles. The van der Waals surface area contributed by atoms with Gasteiger partial charge in [0.1, 0.15) is 11.6 Å². The minimum absolute atomic E-state index is 0.0135. The number of nitrogens with one attached hydrogen (secondary N) is 1. The number of nitrogens with zero attached hydrogens (tertiary/aromatic N) is 3. The zero-order chi connectivity index (χ0) is 13.7. The SMILES string of the molecule is N#Cc1ccnc(NCCC2CCCO2)c1[N+](=O)[O-]. The number of aromatic nitrogens is 1. The second-order valence-corrected chi connectivity index (χ2v) is 4.28. The van der Waals surface area contributed by atoms with Crippen molar-refractivity contribution in [2.75, 3.05) is 18.5 Å². The van der Waals surface area contributed by atoms with Gasteiger partial charge in [-0.15, -0.1) is 0 Å². The van der Waals surface area contributed by atoms with Crippen LogP contribution in [0.5, 0.6) is 0 Å². The molecule has 0 saturated carbocycles. The lowest BCUT2D eigenvalue weighted by atomic mass is 10.2. The quantitative estimate of drug-likeness (QED) is 0.641. The van der Waals surface area contributed by atoms with Crippen molar-refractivity contribution < 1.29 is 9.66 Å². The molecule has 1 unspecified atom stereocenters. The van der Waals surface area contributed by atoms with Gasteiger partial charge in [0, 0.05) is 19.3 Å². The van der Waals surface area contributed by atoms with E-state index >= 15 is 0 Å². The summed E-state index contributed by atoms with van der Waals surface area (Å²) in [5.41, 5.74) is -0.253. The molecule has 0 spiro atoms. The zero-order valence-corrected chi connectivity index (χ0v) is 10.3.